The van der Waals surface area contributed by atoms with E-state index >= 15 is 0 Å². The molecule has 28 heavy (non-hydrogen) atoms. The fourth-order valence-electron chi connectivity index (χ4n) is 2.76. The molecule has 1 aliphatic rings. The standard InChI is InChI=1S/C15H23N3O9S/c1-8(14(21)17-4-2-3-10(17)15(22)23)13(28)12(20)9(16)7-11(19)26-5-6-27-18(24)25/h8-10,13,28H,2-7,16H2,1H3,(H,22,23)/t8-,9+,10+,13?/m1/s1. The van der Waals surface area contributed by atoms with Crippen LogP contribution in [0.3, 0.4) is 0 Å². The number of amides is 1. The molecule has 0 aliphatic carbocycles. The molecule has 0 aromatic heterocycles. The maximum atomic E-state index is 12.5. The molecule has 1 saturated heterocycles. The van der Waals surface area contributed by atoms with Crippen molar-refractivity contribution < 1.29 is 38.9 Å². The monoisotopic (exact) mass is 421 g/mol. The smallest absolute Gasteiger partial charge is 0.326 e. The van der Waals surface area contributed by atoms with Gasteiger partial charge in [-0.3, -0.25) is 14.4 Å². The fourth-order valence-corrected chi connectivity index (χ4v) is 3.07. The zero-order chi connectivity index (χ0) is 21.4. The normalized spacial score (nSPS) is 19.4. The van der Waals surface area contributed by atoms with Crippen molar-refractivity contribution in [1.29, 1.82) is 0 Å². The molecule has 4 atom stereocenters. The highest BCUT2D eigenvalue weighted by atomic mass is 32.1. The van der Waals surface area contributed by atoms with Crippen LogP contribution < -0.4 is 5.73 Å². The highest BCUT2D eigenvalue weighted by Crippen LogP contribution is 2.23. The minimum Gasteiger partial charge on any atom is -0.480 e. The SMILES string of the molecule is C[C@@H](C(=O)N1CCC[C@H]1C(=O)O)C(S)C(=O)[C@@H](N)CC(=O)OCCO[N+](=O)[O-]. The molecule has 1 rings (SSSR count). The topological polar surface area (TPSA) is 179 Å². The third-order valence-corrected chi connectivity index (χ3v) is 4.97. The van der Waals surface area contributed by atoms with Gasteiger partial charge in [-0.05, 0) is 12.8 Å². The number of esters is 1. The number of carboxylic acid groups (broad SMARTS) is 1. The van der Waals surface area contributed by atoms with Crippen molar-refractivity contribution >= 4 is 36.3 Å². The molecule has 1 aliphatic heterocycles. The second-order valence-corrected chi connectivity index (χ2v) is 6.81. The molecule has 1 amide bonds. The summed E-state index contributed by atoms with van der Waals surface area (Å²) in [5, 5.41) is 17.0. The van der Waals surface area contributed by atoms with Crippen LogP contribution in [0.1, 0.15) is 26.2 Å². The van der Waals surface area contributed by atoms with E-state index in [0.29, 0.717) is 12.8 Å². The van der Waals surface area contributed by atoms with Crippen molar-refractivity contribution in [2.24, 2.45) is 11.7 Å². The van der Waals surface area contributed by atoms with E-state index in [4.69, 9.17) is 5.73 Å². The van der Waals surface area contributed by atoms with Crippen LogP contribution in [0.2, 0.25) is 0 Å². The zero-order valence-corrected chi connectivity index (χ0v) is 16.1. The number of ketones is 1. The Morgan fingerprint density at radius 1 is 1.36 bits per heavy atom. The van der Waals surface area contributed by atoms with Crippen LogP contribution in [0, 0.1) is 16.0 Å². The lowest BCUT2D eigenvalue weighted by atomic mass is 9.96. The predicted octanol–water partition coefficient (Wildman–Crippen LogP) is -0.965. The number of ether oxygens (including phenoxy) is 1. The lowest BCUT2D eigenvalue weighted by molar-refractivity contribution is -0.757. The molecule has 0 bridgehead atoms. The molecule has 1 fully saturated rings. The van der Waals surface area contributed by atoms with Gasteiger partial charge in [0.2, 0.25) is 5.91 Å². The maximum absolute atomic E-state index is 12.5. The highest BCUT2D eigenvalue weighted by molar-refractivity contribution is 7.81. The molecule has 0 aromatic carbocycles. The van der Waals surface area contributed by atoms with E-state index < -0.39 is 65.0 Å². The van der Waals surface area contributed by atoms with Crippen LogP contribution in [0.5, 0.6) is 0 Å². The Hall–Kier alpha value is -2.41. The van der Waals surface area contributed by atoms with E-state index in [0.717, 1.165) is 0 Å². The first kappa shape index (κ1) is 23.6. The molecular formula is C15H23N3O9S. The maximum Gasteiger partial charge on any atom is 0.326 e. The molecule has 13 heteroatoms. The minimum absolute atomic E-state index is 0.277. The zero-order valence-electron chi connectivity index (χ0n) is 15.2. The number of carbonyl (C=O) groups excluding carboxylic acids is 3. The van der Waals surface area contributed by atoms with E-state index in [1.165, 1.54) is 11.8 Å². The molecule has 0 saturated carbocycles. The Morgan fingerprint density at radius 3 is 2.57 bits per heavy atom. The van der Waals surface area contributed by atoms with Crippen LogP contribution in [0.25, 0.3) is 0 Å². The Kier molecular flexibility index (Phi) is 9.12. The Bertz CT molecular complexity index is 630. The predicted molar refractivity (Wildman–Crippen MR) is 95.8 cm³/mol. The highest BCUT2D eigenvalue weighted by Gasteiger charge is 2.39. The number of rotatable bonds is 11. The molecule has 0 radical (unpaired) electrons. The molecule has 1 unspecified atom stereocenters. The summed E-state index contributed by atoms with van der Waals surface area (Å²) >= 11 is 4.13. The average molecular weight is 421 g/mol. The Morgan fingerprint density at radius 2 is 2.00 bits per heavy atom. The van der Waals surface area contributed by atoms with Crippen molar-refractivity contribution in [2.45, 2.75) is 43.5 Å². The molecule has 0 aromatic rings. The average Bonchev–Trinajstić information content (AvgIpc) is 3.12. The molecule has 12 nitrogen and oxygen atoms in total. The van der Waals surface area contributed by atoms with E-state index in [2.05, 4.69) is 22.2 Å². The van der Waals surface area contributed by atoms with E-state index in [9.17, 15) is 34.4 Å². The number of aliphatic carboxylic acids is 1. The summed E-state index contributed by atoms with van der Waals surface area (Å²) in [4.78, 5) is 62.9. The van der Waals surface area contributed by atoms with Gasteiger partial charge in [0.15, 0.2) is 5.78 Å². The molecular weight excluding hydrogens is 398 g/mol. The Labute approximate surface area is 165 Å². The van der Waals surface area contributed by atoms with Gasteiger partial charge in [-0.15, -0.1) is 10.1 Å². The van der Waals surface area contributed by atoms with Gasteiger partial charge in [0.05, 0.1) is 23.6 Å². The minimum atomic E-state index is -1.30. The van der Waals surface area contributed by atoms with Gasteiger partial charge in [-0.1, -0.05) is 6.92 Å². The van der Waals surface area contributed by atoms with Gasteiger partial charge in [-0.25, -0.2) is 4.79 Å². The Balaban J connectivity index is 2.55. The molecule has 0 spiro atoms. The van der Waals surface area contributed by atoms with Gasteiger partial charge >= 0.3 is 11.9 Å². The molecule has 1 heterocycles. The summed E-state index contributed by atoms with van der Waals surface area (Å²) in [6.07, 6.45) is 0.382. The van der Waals surface area contributed by atoms with Gasteiger partial charge < -0.3 is 25.3 Å². The van der Waals surface area contributed by atoms with Gasteiger partial charge in [0.25, 0.3) is 5.09 Å². The van der Waals surface area contributed by atoms with Gasteiger partial charge in [0, 0.05) is 6.54 Å². The number of Topliss-reactive ketones (excluding diaryl/α,β-unsaturated/α-hetero) is 1. The van der Waals surface area contributed by atoms with E-state index in [1.807, 2.05) is 0 Å². The summed E-state index contributed by atoms with van der Waals surface area (Å²) in [6, 6.07) is -2.23. The number of thiol groups is 1. The van der Waals surface area contributed by atoms with E-state index in [-0.39, 0.29) is 13.2 Å². The number of nitrogens with two attached hydrogens (primary N) is 1. The van der Waals surface area contributed by atoms with E-state index in [1.54, 1.807) is 0 Å². The summed E-state index contributed by atoms with van der Waals surface area (Å²) in [5.41, 5.74) is 5.68. The van der Waals surface area contributed by atoms with Gasteiger partial charge in [0.1, 0.15) is 19.3 Å². The lowest BCUT2D eigenvalue weighted by Gasteiger charge is -2.27. The number of likely N-dealkylation sites (tertiary alicyclic amines) is 1. The van der Waals surface area contributed by atoms with Gasteiger partial charge in [-0.2, -0.15) is 12.6 Å². The summed E-state index contributed by atoms with van der Waals surface area (Å²) in [7, 11) is 0. The van der Waals surface area contributed by atoms with Crippen LogP contribution in [-0.4, -0.2) is 75.8 Å². The van der Waals surface area contributed by atoms with Crippen molar-refractivity contribution in [1.82, 2.24) is 4.90 Å². The number of hydrogen-bond acceptors (Lipinski definition) is 10. The quantitative estimate of drug-likeness (QED) is 0.124. The second kappa shape index (κ2) is 10.8. The summed E-state index contributed by atoms with van der Waals surface area (Å²) in [6.45, 7) is 0.878. The van der Waals surface area contributed by atoms with Crippen molar-refractivity contribution in [2.75, 3.05) is 19.8 Å². The van der Waals surface area contributed by atoms with Crippen LogP contribution in [0.15, 0.2) is 0 Å². The first-order valence-electron chi connectivity index (χ1n) is 8.49. The van der Waals surface area contributed by atoms with Crippen molar-refractivity contribution in [3.8, 4) is 0 Å². The first-order chi connectivity index (χ1) is 13.1. The third-order valence-electron chi connectivity index (χ3n) is 4.27. The van der Waals surface area contributed by atoms with Crippen LogP contribution in [0.4, 0.5) is 0 Å². The third kappa shape index (κ3) is 6.64. The summed E-state index contributed by atoms with van der Waals surface area (Å²) < 4.78 is 4.66. The van der Waals surface area contributed by atoms with Crippen LogP contribution in [-0.2, 0) is 28.8 Å². The number of carbonyl (C=O) groups is 4. The first-order valence-corrected chi connectivity index (χ1v) is 9.01. The second-order valence-electron chi connectivity index (χ2n) is 6.25. The van der Waals surface area contributed by atoms with Crippen molar-refractivity contribution in [3.63, 3.8) is 0 Å². The molecule has 158 valence electrons. The number of hydrogen-bond donors (Lipinski definition) is 3. The largest absolute Gasteiger partial charge is 0.480 e. The fraction of sp³-hybridized carbons (Fsp3) is 0.733. The van der Waals surface area contributed by atoms with Crippen LogP contribution >= 0.6 is 12.6 Å². The molecule has 3 N–H and O–H groups in total. The number of nitrogens with zero attached hydrogens (tertiary/aromatic N) is 2. The van der Waals surface area contributed by atoms with Crippen molar-refractivity contribution in [3.05, 3.63) is 10.1 Å². The number of carboxylic acids is 1. The lowest BCUT2D eigenvalue weighted by Crippen LogP contribution is -2.48. The summed E-state index contributed by atoms with van der Waals surface area (Å²) in [5.74, 6) is -4.11.